The molecule has 8 aliphatic rings. The number of carboxylic acids is 4. The zero-order valence-electron chi connectivity index (χ0n) is 49.4. The maximum Gasteiger partial charge on any atom is 0.161 e. The van der Waals surface area contributed by atoms with Crippen molar-refractivity contribution in [3.05, 3.63) is 115 Å². The van der Waals surface area contributed by atoms with Crippen LogP contribution >= 0.6 is 0 Å². The van der Waals surface area contributed by atoms with Gasteiger partial charge in [-0.2, -0.15) is 0 Å². The molecule has 0 spiro atoms. The number of hydrogen-bond donors (Lipinski definition) is 0. The predicted molar refractivity (Wildman–Crippen MR) is 296 cm³/mol. The van der Waals surface area contributed by atoms with Crippen LogP contribution in [0.2, 0.25) is 0 Å². The molecule has 0 saturated heterocycles. The molecule has 0 amide bonds. The van der Waals surface area contributed by atoms with E-state index in [1.54, 1.807) is 76.2 Å². The van der Waals surface area contributed by atoms with E-state index >= 15 is 0 Å². The summed E-state index contributed by atoms with van der Waals surface area (Å²) in [5.41, 5.74) is -5.65. The van der Waals surface area contributed by atoms with Crippen molar-refractivity contribution in [1.82, 2.24) is 0 Å². The number of hydrogen-bond acceptors (Lipinski definition) is 24. The molecule has 4 aromatic rings. The minimum atomic E-state index is -1.71. The van der Waals surface area contributed by atoms with E-state index in [0.717, 1.165) is 0 Å². The molecule has 12 rings (SSSR count). The van der Waals surface area contributed by atoms with Gasteiger partial charge in [0, 0.05) is 21.7 Å². The molecule has 24 heteroatoms. The van der Waals surface area contributed by atoms with Crippen LogP contribution in [0.15, 0.2) is 70.8 Å². The number of rotatable bonds is 4. The highest BCUT2D eigenvalue weighted by Crippen LogP contribution is 2.66. The van der Waals surface area contributed by atoms with Crippen molar-refractivity contribution in [2.24, 2.45) is 0 Å². The summed E-state index contributed by atoms with van der Waals surface area (Å²) in [5, 5.41) is 54.2. The van der Waals surface area contributed by atoms with E-state index in [2.05, 4.69) is 0 Å². The number of fused-ring (bicyclic) bond motifs is 4. The van der Waals surface area contributed by atoms with Crippen molar-refractivity contribution in [3.8, 4) is 46.0 Å². The van der Waals surface area contributed by atoms with Crippen LogP contribution in [0.4, 0.5) is 0 Å². The molecule has 0 fully saturated rings. The van der Waals surface area contributed by atoms with E-state index in [4.69, 9.17) is 75.8 Å². The first-order valence-corrected chi connectivity index (χ1v) is 29.3. The summed E-state index contributed by atoms with van der Waals surface area (Å²) >= 11 is 0. The quantitative estimate of drug-likeness (QED) is 0.261. The molecule has 0 saturated carbocycles. The molecule has 2 heterocycles. The van der Waals surface area contributed by atoms with Crippen LogP contribution in [-0.2, 0) is 78.7 Å². The minimum absolute atomic E-state index is 0.0140. The number of benzene rings is 4. The number of carbonyl (C=O) groups excluding carboxylic acids is 4. The Morgan fingerprint density at radius 1 is 0.239 bits per heavy atom. The van der Waals surface area contributed by atoms with E-state index in [1.165, 1.54) is 0 Å². The van der Waals surface area contributed by atoms with Crippen LogP contribution in [0, 0.1) is 0 Å². The molecule has 88 heavy (non-hydrogen) atoms. The molecule has 472 valence electrons. The van der Waals surface area contributed by atoms with Crippen LogP contribution in [0.1, 0.15) is 72.2 Å². The van der Waals surface area contributed by atoms with E-state index in [1.807, 2.05) is 0 Å². The Bertz CT molecular complexity index is 2800. The normalized spacial score (nSPS) is 25.7. The number of carboxylic acid groups (broad SMARTS) is 4. The zero-order valence-corrected chi connectivity index (χ0v) is 49.4. The molecule has 2 aliphatic heterocycles. The second-order valence-electron chi connectivity index (χ2n) is 22.2. The Labute approximate surface area is 506 Å². The summed E-state index contributed by atoms with van der Waals surface area (Å²) in [6, 6.07) is 13.2. The van der Waals surface area contributed by atoms with Crippen molar-refractivity contribution < 1.29 is 115 Å². The number of ether oxygens (including phenoxy) is 16. The fourth-order valence-corrected chi connectivity index (χ4v) is 13.3. The summed E-state index contributed by atoms with van der Waals surface area (Å²) in [4.78, 5) is 54.2. The number of aliphatic carboxylic acids is 4. The molecule has 0 aromatic heterocycles. The molecule has 0 N–H and O–H groups in total. The summed E-state index contributed by atoms with van der Waals surface area (Å²) in [6.07, 6.45) is 0. The van der Waals surface area contributed by atoms with Gasteiger partial charge in [-0.1, -0.05) is 0 Å². The smallest absolute Gasteiger partial charge is 0.161 e. The molecule has 0 unspecified atom stereocenters. The Hall–Kier alpha value is -7.68. The molecule has 0 atom stereocenters. The van der Waals surface area contributed by atoms with Gasteiger partial charge in [0.05, 0.1) is 130 Å². The van der Waals surface area contributed by atoms with E-state index in [9.17, 15) is 39.6 Å². The third kappa shape index (κ3) is 11.2. The molecule has 24 nitrogen and oxygen atoms in total. The van der Waals surface area contributed by atoms with Crippen molar-refractivity contribution in [2.45, 2.75) is 49.4 Å². The fourth-order valence-electron chi connectivity index (χ4n) is 13.3. The third-order valence-corrected chi connectivity index (χ3v) is 17.3. The van der Waals surface area contributed by atoms with Crippen LogP contribution in [-0.4, -0.2) is 182 Å². The van der Waals surface area contributed by atoms with Crippen LogP contribution < -0.4 is 58.3 Å². The molecule has 4 aromatic carbocycles. The number of carbonyl (C=O) groups is 4. The van der Waals surface area contributed by atoms with Crippen molar-refractivity contribution in [1.29, 1.82) is 0 Å². The highest BCUT2D eigenvalue weighted by atomic mass is 16.6. The van der Waals surface area contributed by atoms with Gasteiger partial charge >= 0.3 is 0 Å². The minimum Gasteiger partial charge on any atom is -0.545 e. The lowest BCUT2D eigenvalue weighted by Crippen LogP contribution is -2.55. The Morgan fingerprint density at radius 2 is 0.352 bits per heavy atom. The lowest BCUT2D eigenvalue weighted by Gasteiger charge is -2.56. The van der Waals surface area contributed by atoms with E-state index in [0.29, 0.717) is 44.5 Å². The van der Waals surface area contributed by atoms with Crippen LogP contribution in [0.3, 0.4) is 0 Å². The molecule has 6 aliphatic carbocycles. The average Bonchev–Trinajstić information content (AvgIpc) is 0.674. The summed E-state index contributed by atoms with van der Waals surface area (Å²) in [6.45, 7) is 7.89. The molecule has 4 bridgehead atoms. The van der Waals surface area contributed by atoms with Crippen LogP contribution in [0.5, 0.6) is 46.0 Å². The fraction of sp³-hybridized carbons (Fsp3) is 0.500. The zero-order chi connectivity index (χ0) is 61.8. The Morgan fingerprint density at radius 3 is 0.466 bits per heavy atom. The van der Waals surface area contributed by atoms with Gasteiger partial charge in [0.15, 0.2) is 46.0 Å². The summed E-state index contributed by atoms with van der Waals surface area (Å²) < 4.78 is 98.4. The van der Waals surface area contributed by atoms with Gasteiger partial charge in [-0.05, 0) is 143 Å². The highest BCUT2D eigenvalue weighted by molar-refractivity contribution is 6.07. The lowest BCUT2D eigenvalue weighted by atomic mass is 9.48. The average molecular weight is 1220 g/mol. The van der Waals surface area contributed by atoms with E-state index in [-0.39, 0.29) is 205 Å². The van der Waals surface area contributed by atoms with Gasteiger partial charge in [0.1, 0.15) is 52.9 Å². The lowest BCUT2D eigenvalue weighted by molar-refractivity contribution is -0.305. The van der Waals surface area contributed by atoms with Gasteiger partial charge in [-0.3, -0.25) is 0 Å². The largest absolute Gasteiger partial charge is 0.545 e. The maximum absolute atomic E-state index is 13.5. The summed E-state index contributed by atoms with van der Waals surface area (Å²) in [7, 11) is 0. The maximum atomic E-state index is 13.5. The molecular formula is C64H68O24-4. The topological polar surface area (TPSA) is 308 Å². The first-order chi connectivity index (χ1) is 42.5. The van der Waals surface area contributed by atoms with Crippen molar-refractivity contribution in [2.75, 3.05) is 159 Å². The first kappa shape index (κ1) is 61.9. The van der Waals surface area contributed by atoms with Gasteiger partial charge in [0.25, 0.3) is 0 Å². The monoisotopic (exact) mass is 1220 g/mol. The van der Waals surface area contributed by atoms with Crippen molar-refractivity contribution in [3.63, 3.8) is 0 Å². The summed E-state index contributed by atoms with van der Waals surface area (Å²) in [5.74, 6) is -5.20. The Kier molecular flexibility index (Phi) is 18.4. The molecule has 0 radical (unpaired) electrons. The van der Waals surface area contributed by atoms with E-state index < -0.39 is 67.8 Å². The standard InChI is InChI=1S/C64H72O24/c1-61-37-29-45-47-31-39(37)62(2,54(58(67)68)53(61)57(65)66)40-32-48-46(30-38(40)61)82-22-14-74-6-8-78-18-26-86-50-34-42-44(36-52(50)88-28-20-80-12-10-76-16-24-84-48)64(4)43-35-51(87-27-19-79-11-9-75-15-23-83-47)49(85-25-17-77-7-5-73-13-21-81-45)33-41(43)63(42,3)55(59(69)70)56(64)60(71)72/h29-36H,5-28H2,1-4H3,(H,65,66)(H,67,68)(H,69,70)(H,71,72)/p-4. The van der Waals surface area contributed by atoms with Gasteiger partial charge in [-0.15, -0.1) is 0 Å². The second kappa shape index (κ2) is 26.2. The van der Waals surface area contributed by atoms with Gasteiger partial charge < -0.3 is 115 Å². The van der Waals surface area contributed by atoms with Crippen molar-refractivity contribution >= 4 is 23.9 Å². The predicted octanol–water partition coefficient (Wildman–Crippen LogP) is 0.0616. The van der Waals surface area contributed by atoms with Gasteiger partial charge in [-0.25, -0.2) is 0 Å². The Balaban J connectivity index is 1.01. The third-order valence-electron chi connectivity index (χ3n) is 17.3. The molecular weight excluding hydrogens is 1150 g/mol. The second-order valence-corrected chi connectivity index (χ2v) is 22.2. The highest BCUT2D eigenvalue weighted by Gasteiger charge is 2.60. The first-order valence-electron chi connectivity index (χ1n) is 29.3. The SMILES string of the molecule is CC12C(C(=O)[O-])=C(C(=O)[O-])C3(C)c4cc5c(cc41)OCCOCCOCCOc1cc4c(cc1OCCOCCOCCO5)C1(C)C(C(=O)[O-])=C(C(=O)[O-])C4(C)c4cc5c(cc41)OCCOCCOCCOc1cc3c2cc1OCCOCCOCCO5. The van der Waals surface area contributed by atoms with Crippen LogP contribution in [0.25, 0.3) is 0 Å². The van der Waals surface area contributed by atoms with Gasteiger partial charge in [0.2, 0.25) is 0 Å².